The van der Waals surface area contributed by atoms with E-state index in [1.165, 1.54) is 60.9 Å². The molecule has 1 aliphatic heterocycles. The van der Waals surface area contributed by atoms with E-state index in [4.69, 9.17) is 0 Å². The van der Waals surface area contributed by atoms with Gasteiger partial charge in [-0.3, -0.25) is 0 Å². The maximum atomic E-state index is 3.72. The van der Waals surface area contributed by atoms with Crippen molar-refractivity contribution in [1.82, 2.24) is 5.32 Å². The Morgan fingerprint density at radius 3 is 2.68 bits per heavy atom. The third-order valence-electron chi connectivity index (χ3n) is 4.64. The number of allylic oxidation sites excluding steroid dienone is 5. The minimum absolute atomic E-state index is 0. The molecule has 1 heteroatoms. The normalized spacial score (nSPS) is 26.2. The lowest BCUT2D eigenvalue weighted by molar-refractivity contribution is 0.348. The van der Waals surface area contributed by atoms with Gasteiger partial charge in [0.25, 0.3) is 0 Å². The second kappa shape index (κ2) is 6.45. The Hall–Kier alpha value is -0.980. The Morgan fingerprint density at radius 1 is 1.37 bits per heavy atom. The summed E-state index contributed by atoms with van der Waals surface area (Å²) in [5, 5.41) is 3.72. The Balaban J connectivity index is 0.00000200. The van der Waals surface area contributed by atoms with E-state index < -0.39 is 0 Å². The van der Waals surface area contributed by atoms with Gasteiger partial charge in [0.05, 0.1) is 0 Å². The average molecular weight is 261 g/mol. The SMILES string of the molecule is C/C=C(\C)C1=C(CC2CCCCC2)NC(C)C=C1C.[HH]. The number of rotatable bonds is 3. The van der Waals surface area contributed by atoms with Crippen LogP contribution in [-0.2, 0) is 0 Å². The second-order valence-corrected chi connectivity index (χ2v) is 6.32. The molecule has 0 spiro atoms. The maximum absolute atomic E-state index is 3.72. The Kier molecular flexibility index (Phi) is 4.90. The number of hydrogen-bond acceptors (Lipinski definition) is 1. The van der Waals surface area contributed by atoms with Crippen molar-refractivity contribution < 1.29 is 1.43 Å². The van der Waals surface area contributed by atoms with Gasteiger partial charge in [0.15, 0.2) is 0 Å². The molecule has 1 aliphatic carbocycles. The van der Waals surface area contributed by atoms with Crippen LogP contribution in [0.15, 0.2) is 34.6 Å². The first-order valence-corrected chi connectivity index (χ1v) is 7.93. The fourth-order valence-electron chi connectivity index (χ4n) is 3.62. The third kappa shape index (κ3) is 3.52. The van der Waals surface area contributed by atoms with E-state index in [9.17, 15) is 0 Å². The van der Waals surface area contributed by atoms with Crippen LogP contribution in [0, 0.1) is 5.92 Å². The number of nitrogens with one attached hydrogen (secondary N) is 1. The van der Waals surface area contributed by atoms with Gasteiger partial charge in [-0.05, 0) is 56.8 Å². The summed E-state index contributed by atoms with van der Waals surface area (Å²) >= 11 is 0. The van der Waals surface area contributed by atoms with E-state index in [2.05, 4.69) is 45.2 Å². The molecule has 1 heterocycles. The topological polar surface area (TPSA) is 12.0 Å². The molecule has 2 aliphatic rings. The molecule has 1 atom stereocenters. The summed E-state index contributed by atoms with van der Waals surface area (Å²) < 4.78 is 0. The standard InChI is InChI=1S/C18H29N.H2/c1-5-13(2)18-14(3)11-15(4)19-17(18)12-16-9-7-6-8-10-16;/h5,11,15-16,19H,6-10,12H2,1-4H3;1H/b13-5+;. The van der Waals surface area contributed by atoms with Crippen molar-refractivity contribution in [3.63, 3.8) is 0 Å². The first-order chi connectivity index (χ1) is 9.11. The predicted octanol–water partition coefficient (Wildman–Crippen LogP) is 5.36. The lowest BCUT2D eigenvalue weighted by Gasteiger charge is -2.30. The highest BCUT2D eigenvalue weighted by Crippen LogP contribution is 2.34. The molecule has 108 valence electrons. The molecule has 0 aromatic heterocycles. The molecule has 1 nitrogen and oxygen atoms in total. The van der Waals surface area contributed by atoms with E-state index in [1.807, 2.05) is 0 Å². The highest BCUT2D eigenvalue weighted by molar-refractivity contribution is 5.50. The molecule has 0 saturated heterocycles. The lowest BCUT2D eigenvalue weighted by Crippen LogP contribution is -2.30. The average Bonchev–Trinajstić information content (AvgIpc) is 2.38. The molecular formula is C18H31N. The van der Waals surface area contributed by atoms with E-state index in [1.54, 1.807) is 0 Å². The van der Waals surface area contributed by atoms with Crippen LogP contribution in [0.5, 0.6) is 0 Å². The van der Waals surface area contributed by atoms with Crippen molar-refractivity contribution in [2.24, 2.45) is 5.92 Å². The molecule has 1 saturated carbocycles. The predicted molar refractivity (Wildman–Crippen MR) is 86.1 cm³/mol. The van der Waals surface area contributed by atoms with Crippen molar-refractivity contribution in [2.75, 3.05) is 0 Å². The van der Waals surface area contributed by atoms with E-state index in [0.717, 1.165) is 5.92 Å². The monoisotopic (exact) mass is 261 g/mol. The van der Waals surface area contributed by atoms with E-state index >= 15 is 0 Å². The first-order valence-electron chi connectivity index (χ1n) is 7.93. The molecule has 0 radical (unpaired) electrons. The molecule has 1 N–H and O–H groups in total. The Morgan fingerprint density at radius 2 is 2.05 bits per heavy atom. The molecule has 0 amide bonds. The highest BCUT2D eigenvalue weighted by Gasteiger charge is 2.22. The van der Waals surface area contributed by atoms with Crippen LogP contribution in [0.1, 0.15) is 67.6 Å². The molecule has 0 aromatic carbocycles. The van der Waals surface area contributed by atoms with Crippen LogP contribution in [0.3, 0.4) is 0 Å². The minimum atomic E-state index is 0. The van der Waals surface area contributed by atoms with Crippen molar-refractivity contribution in [2.45, 2.75) is 72.3 Å². The quantitative estimate of drug-likeness (QED) is 0.721. The molecule has 2 rings (SSSR count). The Bertz CT molecular complexity index is 411. The summed E-state index contributed by atoms with van der Waals surface area (Å²) in [7, 11) is 0. The van der Waals surface area contributed by atoms with Crippen molar-refractivity contribution in [1.29, 1.82) is 0 Å². The van der Waals surface area contributed by atoms with E-state index in [-0.39, 0.29) is 1.43 Å². The third-order valence-corrected chi connectivity index (χ3v) is 4.64. The molecule has 1 unspecified atom stereocenters. The summed E-state index contributed by atoms with van der Waals surface area (Å²) in [6, 6.07) is 0.479. The molecule has 0 bridgehead atoms. The van der Waals surface area contributed by atoms with Gasteiger partial charge in [0.1, 0.15) is 0 Å². The highest BCUT2D eigenvalue weighted by atomic mass is 14.9. The van der Waals surface area contributed by atoms with Crippen molar-refractivity contribution in [3.05, 3.63) is 34.6 Å². The van der Waals surface area contributed by atoms with Gasteiger partial charge in [-0.25, -0.2) is 0 Å². The summed E-state index contributed by atoms with van der Waals surface area (Å²) in [5.41, 5.74) is 5.84. The van der Waals surface area contributed by atoms with Crippen LogP contribution in [0.4, 0.5) is 0 Å². The van der Waals surface area contributed by atoms with Crippen molar-refractivity contribution in [3.8, 4) is 0 Å². The van der Waals surface area contributed by atoms with Gasteiger partial charge in [-0.1, -0.05) is 44.3 Å². The van der Waals surface area contributed by atoms with Crippen LogP contribution >= 0.6 is 0 Å². The zero-order chi connectivity index (χ0) is 13.8. The Labute approximate surface area is 120 Å². The number of hydrogen-bond donors (Lipinski definition) is 1. The summed E-state index contributed by atoms with van der Waals surface area (Å²) in [5.74, 6) is 0.897. The van der Waals surface area contributed by atoms with Gasteiger partial charge >= 0.3 is 0 Å². The van der Waals surface area contributed by atoms with Gasteiger partial charge in [0, 0.05) is 13.2 Å². The van der Waals surface area contributed by atoms with Crippen LogP contribution in [0.25, 0.3) is 0 Å². The van der Waals surface area contributed by atoms with Gasteiger partial charge in [-0.2, -0.15) is 0 Å². The summed E-state index contributed by atoms with van der Waals surface area (Å²) in [6.07, 6.45) is 13.0. The van der Waals surface area contributed by atoms with Crippen LogP contribution in [-0.4, -0.2) is 6.04 Å². The zero-order valence-corrected chi connectivity index (χ0v) is 13.1. The lowest BCUT2D eigenvalue weighted by atomic mass is 9.83. The molecule has 1 fully saturated rings. The largest absolute Gasteiger partial charge is 0.382 e. The van der Waals surface area contributed by atoms with E-state index in [0.29, 0.717) is 6.04 Å². The minimum Gasteiger partial charge on any atom is -0.382 e. The van der Waals surface area contributed by atoms with Crippen LogP contribution < -0.4 is 5.32 Å². The summed E-state index contributed by atoms with van der Waals surface area (Å²) in [6.45, 7) is 8.91. The second-order valence-electron chi connectivity index (χ2n) is 6.32. The summed E-state index contributed by atoms with van der Waals surface area (Å²) in [4.78, 5) is 0. The van der Waals surface area contributed by atoms with Gasteiger partial charge < -0.3 is 5.32 Å². The van der Waals surface area contributed by atoms with Gasteiger partial charge in [0.2, 0.25) is 0 Å². The fourth-order valence-corrected chi connectivity index (χ4v) is 3.62. The van der Waals surface area contributed by atoms with Crippen molar-refractivity contribution >= 4 is 0 Å². The maximum Gasteiger partial charge on any atom is 0.0419 e. The fraction of sp³-hybridized carbons (Fsp3) is 0.667. The van der Waals surface area contributed by atoms with Crippen LogP contribution in [0.2, 0.25) is 0 Å². The zero-order valence-electron chi connectivity index (χ0n) is 13.1. The van der Waals surface area contributed by atoms with Gasteiger partial charge in [-0.15, -0.1) is 0 Å². The molecule has 19 heavy (non-hydrogen) atoms. The first kappa shape index (κ1) is 14.4. The smallest absolute Gasteiger partial charge is 0.0419 e. The molecule has 0 aromatic rings. The number of dihydropyridines is 1. The molecular weight excluding hydrogens is 230 g/mol.